The predicted octanol–water partition coefficient (Wildman–Crippen LogP) is 1.06. The molecule has 0 fully saturated rings. The van der Waals surface area contributed by atoms with Crippen LogP contribution in [-0.2, 0) is 0 Å². The molecule has 0 aliphatic carbocycles. The molecule has 2 rings (SSSR count). The highest BCUT2D eigenvalue weighted by atomic mass is 16.1. The molecule has 0 saturated heterocycles. The van der Waals surface area contributed by atoms with Crippen LogP contribution in [0.25, 0.3) is 5.82 Å². The van der Waals surface area contributed by atoms with E-state index in [0.717, 1.165) is 12.4 Å². The van der Waals surface area contributed by atoms with Crippen LogP contribution in [0.4, 0.5) is 5.82 Å². The number of aromatic nitrogens is 3. The Balaban J connectivity index is 2.28. The zero-order valence-corrected chi connectivity index (χ0v) is 10.3. The molecule has 1 amide bonds. The van der Waals surface area contributed by atoms with Gasteiger partial charge in [-0.3, -0.25) is 4.79 Å². The minimum Gasteiger partial charge on any atom is -0.370 e. The summed E-state index contributed by atoms with van der Waals surface area (Å²) in [5.74, 6) is 1.24. The maximum Gasteiger partial charge on any atom is 0.271 e. The molecule has 94 valence electrons. The zero-order chi connectivity index (χ0) is 13.0. The van der Waals surface area contributed by atoms with E-state index in [2.05, 4.69) is 20.7 Å². The predicted molar refractivity (Wildman–Crippen MR) is 68.9 cm³/mol. The molecule has 6 nitrogen and oxygen atoms in total. The molecule has 0 spiro atoms. The maximum atomic E-state index is 11.4. The van der Waals surface area contributed by atoms with Crippen molar-refractivity contribution in [3.8, 4) is 5.82 Å². The van der Waals surface area contributed by atoms with Crippen LogP contribution in [0.1, 0.15) is 17.4 Å². The monoisotopic (exact) mass is 245 g/mol. The van der Waals surface area contributed by atoms with Crippen molar-refractivity contribution < 1.29 is 4.79 Å². The van der Waals surface area contributed by atoms with Gasteiger partial charge < -0.3 is 10.6 Å². The molecule has 0 saturated carbocycles. The lowest BCUT2D eigenvalue weighted by atomic mass is 10.4. The van der Waals surface area contributed by atoms with E-state index < -0.39 is 0 Å². The van der Waals surface area contributed by atoms with Crippen molar-refractivity contribution in [2.45, 2.75) is 6.92 Å². The molecule has 2 aromatic heterocycles. The van der Waals surface area contributed by atoms with Crippen LogP contribution in [-0.4, -0.2) is 34.3 Å². The van der Waals surface area contributed by atoms with Crippen molar-refractivity contribution >= 4 is 11.7 Å². The quantitative estimate of drug-likeness (QED) is 0.844. The Kier molecular flexibility index (Phi) is 3.57. The molecule has 2 aromatic rings. The lowest BCUT2D eigenvalue weighted by Gasteiger charge is -2.05. The Labute approximate surface area is 105 Å². The molecule has 0 aromatic carbocycles. The zero-order valence-electron chi connectivity index (χ0n) is 10.3. The number of pyridine rings is 1. The van der Waals surface area contributed by atoms with E-state index in [4.69, 9.17) is 0 Å². The summed E-state index contributed by atoms with van der Waals surface area (Å²) in [6.45, 7) is 2.81. The summed E-state index contributed by atoms with van der Waals surface area (Å²) in [6, 6.07) is 7.26. The Morgan fingerprint density at radius 1 is 1.39 bits per heavy atom. The number of anilines is 1. The smallest absolute Gasteiger partial charge is 0.271 e. The molecule has 0 aliphatic rings. The lowest BCUT2D eigenvalue weighted by molar-refractivity contribution is 0.0957. The standard InChI is InChI=1S/C12H15N5O/c1-3-14-10-5-4-6-11(15-10)17-8-7-9(16-17)12(18)13-2/h4-8H,3H2,1-2H3,(H,13,18)(H,14,15). The average Bonchev–Trinajstić information content (AvgIpc) is 2.88. The van der Waals surface area contributed by atoms with E-state index >= 15 is 0 Å². The van der Waals surface area contributed by atoms with Gasteiger partial charge in [-0.05, 0) is 25.1 Å². The first kappa shape index (κ1) is 12.1. The van der Waals surface area contributed by atoms with Gasteiger partial charge in [0.2, 0.25) is 0 Å². The summed E-state index contributed by atoms with van der Waals surface area (Å²) in [7, 11) is 1.57. The molecular weight excluding hydrogens is 230 g/mol. The number of hydrogen-bond donors (Lipinski definition) is 2. The van der Waals surface area contributed by atoms with Gasteiger partial charge in [0.05, 0.1) is 0 Å². The van der Waals surface area contributed by atoms with Crippen molar-refractivity contribution in [1.29, 1.82) is 0 Å². The summed E-state index contributed by atoms with van der Waals surface area (Å²) < 4.78 is 1.57. The highest BCUT2D eigenvalue weighted by molar-refractivity contribution is 5.91. The topological polar surface area (TPSA) is 71.8 Å². The van der Waals surface area contributed by atoms with Crippen LogP contribution < -0.4 is 10.6 Å². The first-order chi connectivity index (χ1) is 8.74. The van der Waals surface area contributed by atoms with Crippen LogP contribution in [0.2, 0.25) is 0 Å². The minimum atomic E-state index is -0.211. The van der Waals surface area contributed by atoms with Gasteiger partial charge in [0.25, 0.3) is 5.91 Å². The third kappa shape index (κ3) is 2.48. The largest absolute Gasteiger partial charge is 0.370 e. The van der Waals surface area contributed by atoms with Gasteiger partial charge in [0, 0.05) is 19.8 Å². The minimum absolute atomic E-state index is 0.211. The van der Waals surface area contributed by atoms with Crippen molar-refractivity contribution in [1.82, 2.24) is 20.1 Å². The third-order valence-corrected chi connectivity index (χ3v) is 2.38. The third-order valence-electron chi connectivity index (χ3n) is 2.38. The first-order valence-electron chi connectivity index (χ1n) is 5.73. The number of amides is 1. The second-order valence-corrected chi connectivity index (χ2v) is 3.64. The summed E-state index contributed by atoms with van der Waals surface area (Å²) in [5.41, 5.74) is 0.369. The summed E-state index contributed by atoms with van der Waals surface area (Å²) >= 11 is 0. The molecule has 6 heteroatoms. The molecule has 2 N–H and O–H groups in total. The van der Waals surface area contributed by atoms with Crippen molar-refractivity contribution in [3.05, 3.63) is 36.2 Å². The summed E-state index contributed by atoms with van der Waals surface area (Å²) in [5, 5.41) is 9.82. The van der Waals surface area contributed by atoms with Crippen molar-refractivity contribution in [2.24, 2.45) is 0 Å². The van der Waals surface area contributed by atoms with E-state index in [9.17, 15) is 4.79 Å². The first-order valence-corrected chi connectivity index (χ1v) is 5.73. The second kappa shape index (κ2) is 5.31. The fourth-order valence-corrected chi connectivity index (χ4v) is 1.53. The number of rotatable bonds is 4. The lowest BCUT2D eigenvalue weighted by Crippen LogP contribution is -2.18. The average molecular weight is 245 g/mol. The fourth-order valence-electron chi connectivity index (χ4n) is 1.53. The van der Waals surface area contributed by atoms with Gasteiger partial charge in [-0.2, -0.15) is 5.10 Å². The van der Waals surface area contributed by atoms with Gasteiger partial charge in [-0.1, -0.05) is 6.07 Å². The van der Waals surface area contributed by atoms with Crippen LogP contribution >= 0.6 is 0 Å². The molecule has 0 bridgehead atoms. The normalized spacial score (nSPS) is 10.1. The van der Waals surface area contributed by atoms with Crippen molar-refractivity contribution in [2.75, 3.05) is 18.9 Å². The molecule has 2 heterocycles. The Morgan fingerprint density at radius 2 is 2.22 bits per heavy atom. The van der Waals surface area contributed by atoms with E-state index in [1.54, 1.807) is 24.0 Å². The van der Waals surface area contributed by atoms with Gasteiger partial charge in [-0.15, -0.1) is 0 Å². The SMILES string of the molecule is CCNc1cccc(-n2ccc(C(=O)NC)n2)n1. The maximum absolute atomic E-state index is 11.4. The Bertz CT molecular complexity index is 549. The number of carbonyl (C=O) groups is 1. The Morgan fingerprint density at radius 3 is 2.94 bits per heavy atom. The van der Waals surface area contributed by atoms with E-state index in [-0.39, 0.29) is 5.91 Å². The van der Waals surface area contributed by atoms with Gasteiger partial charge in [0.15, 0.2) is 11.5 Å². The van der Waals surface area contributed by atoms with Crippen LogP contribution in [0, 0.1) is 0 Å². The molecule has 0 atom stereocenters. The molecule has 0 radical (unpaired) electrons. The van der Waals surface area contributed by atoms with E-state index in [1.165, 1.54) is 0 Å². The van der Waals surface area contributed by atoms with E-state index in [1.807, 2.05) is 25.1 Å². The number of carbonyl (C=O) groups excluding carboxylic acids is 1. The molecule has 18 heavy (non-hydrogen) atoms. The number of nitrogens with zero attached hydrogens (tertiary/aromatic N) is 3. The molecule has 0 unspecified atom stereocenters. The number of nitrogens with one attached hydrogen (secondary N) is 2. The van der Waals surface area contributed by atoms with Crippen LogP contribution in [0.15, 0.2) is 30.5 Å². The molecular formula is C12H15N5O. The summed E-state index contributed by atoms with van der Waals surface area (Å²) in [6.07, 6.45) is 1.71. The molecule has 0 aliphatic heterocycles. The van der Waals surface area contributed by atoms with Gasteiger partial charge >= 0.3 is 0 Å². The number of hydrogen-bond acceptors (Lipinski definition) is 4. The fraction of sp³-hybridized carbons (Fsp3) is 0.250. The second-order valence-electron chi connectivity index (χ2n) is 3.64. The highest BCUT2D eigenvalue weighted by Gasteiger charge is 2.08. The van der Waals surface area contributed by atoms with Gasteiger partial charge in [0.1, 0.15) is 5.82 Å². The van der Waals surface area contributed by atoms with Gasteiger partial charge in [-0.25, -0.2) is 9.67 Å². The summed E-state index contributed by atoms with van der Waals surface area (Å²) in [4.78, 5) is 15.8. The highest BCUT2D eigenvalue weighted by Crippen LogP contribution is 2.09. The van der Waals surface area contributed by atoms with Crippen LogP contribution in [0.5, 0.6) is 0 Å². The van der Waals surface area contributed by atoms with Crippen LogP contribution in [0.3, 0.4) is 0 Å². The van der Waals surface area contributed by atoms with Crippen molar-refractivity contribution in [3.63, 3.8) is 0 Å². The van der Waals surface area contributed by atoms with E-state index in [0.29, 0.717) is 11.5 Å². The Hall–Kier alpha value is -2.37.